The van der Waals surface area contributed by atoms with Gasteiger partial charge in [-0.1, -0.05) is 42.5 Å². The topological polar surface area (TPSA) is 56.0 Å². The highest BCUT2D eigenvalue weighted by atomic mass is 16.6. The third-order valence-electron chi connectivity index (χ3n) is 3.24. The number of benzene rings is 2. The summed E-state index contributed by atoms with van der Waals surface area (Å²) >= 11 is 0. The van der Waals surface area contributed by atoms with Crippen molar-refractivity contribution in [3.63, 3.8) is 0 Å². The highest BCUT2D eigenvalue weighted by Crippen LogP contribution is 2.26. The molecular formula is C17H12N2O2. The number of nitro benzene ring substituents is 1. The standard InChI is InChI=1S/C17H12N2O2/c20-19(21)16-5-3-4-15(12-16)13-7-9-14(10-8-13)17-6-1-2-11-18-17/h1-12H. The van der Waals surface area contributed by atoms with Gasteiger partial charge in [-0.05, 0) is 23.3 Å². The van der Waals surface area contributed by atoms with Gasteiger partial charge in [0, 0.05) is 23.9 Å². The first-order valence-corrected chi connectivity index (χ1v) is 6.50. The van der Waals surface area contributed by atoms with Crippen LogP contribution in [-0.2, 0) is 0 Å². The Morgan fingerprint density at radius 3 is 2.24 bits per heavy atom. The zero-order chi connectivity index (χ0) is 14.7. The molecule has 0 saturated heterocycles. The third kappa shape index (κ3) is 2.79. The molecule has 1 heterocycles. The molecule has 4 nitrogen and oxygen atoms in total. The normalized spacial score (nSPS) is 10.3. The lowest BCUT2D eigenvalue weighted by Gasteiger charge is -2.04. The van der Waals surface area contributed by atoms with E-state index in [1.807, 2.05) is 48.5 Å². The van der Waals surface area contributed by atoms with Gasteiger partial charge in [0.25, 0.3) is 5.69 Å². The molecule has 3 aromatic rings. The van der Waals surface area contributed by atoms with Crippen molar-refractivity contribution in [2.24, 2.45) is 0 Å². The Hall–Kier alpha value is -3.01. The predicted molar refractivity (Wildman–Crippen MR) is 81.8 cm³/mol. The van der Waals surface area contributed by atoms with Crippen LogP contribution in [0.25, 0.3) is 22.4 Å². The van der Waals surface area contributed by atoms with Gasteiger partial charge in [-0.3, -0.25) is 15.1 Å². The fourth-order valence-corrected chi connectivity index (χ4v) is 2.17. The summed E-state index contributed by atoms with van der Waals surface area (Å²) in [7, 11) is 0. The number of hydrogen-bond donors (Lipinski definition) is 0. The Morgan fingerprint density at radius 2 is 1.57 bits per heavy atom. The van der Waals surface area contributed by atoms with E-state index < -0.39 is 0 Å². The zero-order valence-electron chi connectivity index (χ0n) is 11.1. The highest BCUT2D eigenvalue weighted by Gasteiger charge is 2.07. The molecule has 0 fully saturated rings. The van der Waals surface area contributed by atoms with Crippen LogP contribution in [0.15, 0.2) is 72.9 Å². The molecule has 0 atom stereocenters. The Labute approximate surface area is 121 Å². The molecule has 0 aliphatic heterocycles. The number of pyridine rings is 1. The van der Waals surface area contributed by atoms with E-state index in [0.29, 0.717) is 0 Å². The van der Waals surface area contributed by atoms with Gasteiger partial charge in [-0.25, -0.2) is 0 Å². The van der Waals surface area contributed by atoms with E-state index in [1.54, 1.807) is 18.3 Å². The maximum atomic E-state index is 10.8. The average molecular weight is 276 g/mol. The summed E-state index contributed by atoms with van der Waals surface area (Å²) in [6.45, 7) is 0. The van der Waals surface area contributed by atoms with E-state index in [2.05, 4.69) is 4.98 Å². The predicted octanol–water partition coefficient (Wildman–Crippen LogP) is 4.32. The lowest BCUT2D eigenvalue weighted by atomic mass is 10.0. The van der Waals surface area contributed by atoms with Crippen molar-refractivity contribution in [3.8, 4) is 22.4 Å². The van der Waals surface area contributed by atoms with Crippen LogP contribution in [0.4, 0.5) is 5.69 Å². The SMILES string of the molecule is O=[N+]([O-])c1cccc(-c2ccc(-c3ccccn3)cc2)c1. The minimum atomic E-state index is -0.383. The molecule has 0 bridgehead atoms. The van der Waals surface area contributed by atoms with Crippen LogP contribution in [0.1, 0.15) is 0 Å². The van der Waals surface area contributed by atoms with Crippen LogP contribution >= 0.6 is 0 Å². The van der Waals surface area contributed by atoms with Gasteiger partial charge >= 0.3 is 0 Å². The molecule has 0 N–H and O–H groups in total. The first-order chi connectivity index (χ1) is 10.2. The van der Waals surface area contributed by atoms with Crippen molar-refractivity contribution >= 4 is 5.69 Å². The van der Waals surface area contributed by atoms with Gasteiger partial charge in [0.1, 0.15) is 0 Å². The Morgan fingerprint density at radius 1 is 0.810 bits per heavy atom. The summed E-state index contributed by atoms with van der Waals surface area (Å²) in [6, 6.07) is 20.2. The van der Waals surface area contributed by atoms with E-state index in [0.717, 1.165) is 22.4 Å². The van der Waals surface area contributed by atoms with Gasteiger partial charge < -0.3 is 0 Å². The fraction of sp³-hybridized carbons (Fsp3) is 0. The molecule has 21 heavy (non-hydrogen) atoms. The number of rotatable bonds is 3. The molecule has 4 heteroatoms. The maximum Gasteiger partial charge on any atom is 0.270 e. The molecule has 0 spiro atoms. The van der Waals surface area contributed by atoms with Crippen LogP contribution in [0, 0.1) is 10.1 Å². The highest BCUT2D eigenvalue weighted by molar-refractivity contribution is 5.70. The van der Waals surface area contributed by atoms with Gasteiger partial charge in [0.05, 0.1) is 10.6 Å². The summed E-state index contributed by atoms with van der Waals surface area (Å²) in [4.78, 5) is 14.7. The van der Waals surface area contributed by atoms with E-state index in [-0.39, 0.29) is 10.6 Å². The van der Waals surface area contributed by atoms with E-state index >= 15 is 0 Å². The molecule has 0 radical (unpaired) electrons. The first kappa shape index (κ1) is 13.0. The van der Waals surface area contributed by atoms with Crippen LogP contribution in [0.5, 0.6) is 0 Å². The van der Waals surface area contributed by atoms with Crippen molar-refractivity contribution < 1.29 is 4.92 Å². The van der Waals surface area contributed by atoms with E-state index in [9.17, 15) is 10.1 Å². The van der Waals surface area contributed by atoms with Crippen molar-refractivity contribution in [3.05, 3.63) is 83.0 Å². The Kier molecular flexibility index (Phi) is 3.43. The molecule has 3 rings (SSSR count). The van der Waals surface area contributed by atoms with Crippen molar-refractivity contribution in [2.45, 2.75) is 0 Å². The fourth-order valence-electron chi connectivity index (χ4n) is 2.17. The molecule has 1 aromatic heterocycles. The summed E-state index contributed by atoms with van der Waals surface area (Å²) in [5.41, 5.74) is 3.80. The molecular weight excluding hydrogens is 264 g/mol. The van der Waals surface area contributed by atoms with Crippen LogP contribution in [-0.4, -0.2) is 9.91 Å². The number of nitro groups is 1. The molecule has 102 valence electrons. The minimum Gasteiger partial charge on any atom is -0.258 e. The van der Waals surface area contributed by atoms with Crippen LogP contribution in [0.3, 0.4) is 0 Å². The summed E-state index contributed by atoms with van der Waals surface area (Å²) in [5.74, 6) is 0. The number of hydrogen-bond acceptors (Lipinski definition) is 3. The Balaban J connectivity index is 1.94. The summed E-state index contributed by atoms with van der Waals surface area (Å²) in [6.07, 6.45) is 1.75. The van der Waals surface area contributed by atoms with Gasteiger partial charge in [-0.2, -0.15) is 0 Å². The lowest BCUT2D eigenvalue weighted by molar-refractivity contribution is -0.384. The maximum absolute atomic E-state index is 10.8. The molecule has 0 aliphatic rings. The lowest BCUT2D eigenvalue weighted by Crippen LogP contribution is -1.88. The monoisotopic (exact) mass is 276 g/mol. The average Bonchev–Trinajstić information content (AvgIpc) is 2.56. The first-order valence-electron chi connectivity index (χ1n) is 6.50. The van der Waals surface area contributed by atoms with Crippen molar-refractivity contribution in [2.75, 3.05) is 0 Å². The molecule has 0 amide bonds. The van der Waals surface area contributed by atoms with E-state index in [1.165, 1.54) is 6.07 Å². The second-order valence-electron chi connectivity index (χ2n) is 4.60. The third-order valence-corrected chi connectivity index (χ3v) is 3.24. The number of non-ortho nitro benzene ring substituents is 1. The second-order valence-corrected chi connectivity index (χ2v) is 4.60. The molecule has 0 unspecified atom stereocenters. The van der Waals surface area contributed by atoms with Crippen molar-refractivity contribution in [1.82, 2.24) is 4.98 Å². The zero-order valence-corrected chi connectivity index (χ0v) is 11.1. The van der Waals surface area contributed by atoms with Gasteiger partial charge in [0.2, 0.25) is 0 Å². The molecule has 0 aliphatic carbocycles. The molecule has 0 saturated carbocycles. The summed E-state index contributed by atoms with van der Waals surface area (Å²) < 4.78 is 0. The van der Waals surface area contributed by atoms with Crippen molar-refractivity contribution in [1.29, 1.82) is 0 Å². The van der Waals surface area contributed by atoms with Crippen LogP contribution in [0.2, 0.25) is 0 Å². The number of aromatic nitrogens is 1. The smallest absolute Gasteiger partial charge is 0.258 e. The van der Waals surface area contributed by atoms with Crippen LogP contribution < -0.4 is 0 Å². The Bertz CT molecular complexity index is 768. The number of nitrogens with zero attached hydrogens (tertiary/aromatic N) is 2. The second kappa shape index (κ2) is 5.54. The van der Waals surface area contributed by atoms with E-state index in [4.69, 9.17) is 0 Å². The summed E-state index contributed by atoms with van der Waals surface area (Å²) in [5, 5.41) is 10.8. The van der Waals surface area contributed by atoms with Gasteiger partial charge in [-0.15, -0.1) is 0 Å². The quantitative estimate of drug-likeness (QED) is 0.528. The van der Waals surface area contributed by atoms with Gasteiger partial charge in [0.15, 0.2) is 0 Å². The minimum absolute atomic E-state index is 0.0984. The molecule has 2 aromatic carbocycles. The largest absolute Gasteiger partial charge is 0.270 e.